The fraction of sp³-hybridized carbons (Fsp3) is 0.435. The van der Waals surface area contributed by atoms with Gasteiger partial charge in [-0.05, 0) is 41.0 Å². The van der Waals surface area contributed by atoms with E-state index in [0.29, 0.717) is 47.7 Å². The molecule has 1 saturated carbocycles. The fourth-order valence-electron chi connectivity index (χ4n) is 4.60. The third-order valence-corrected chi connectivity index (χ3v) is 10.3. The van der Waals surface area contributed by atoms with Crippen molar-refractivity contribution in [3.8, 4) is 17.2 Å². The van der Waals surface area contributed by atoms with Gasteiger partial charge in [0.25, 0.3) is 5.92 Å². The van der Waals surface area contributed by atoms with Crippen LogP contribution in [0.3, 0.4) is 0 Å². The molecular weight excluding hydrogens is 498 g/mol. The van der Waals surface area contributed by atoms with Crippen LogP contribution in [0.1, 0.15) is 17.5 Å². The van der Waals surface area contributed by atoms with E-state index in [4.69, 9.17) is 0 Å². The molecule has 2 aliphatic heterocycles. The Balaban J connectivity index is 1.45. The second kappa shape index (κ2) is 8.15. The molecule has 1 aliphatic carbocycles. The Hall–Kier alpha value is -2.75. The first kappa shape index (κ1) is 24.0. The molecule has 3 aliphatic rings. The Labute approximate surface area is 203 Å². The second-order valence-corrected chi connectivity index (χ2v) is 13.5. The first-order valence-corrected chi connectivity index (χ1v) is 14.4. The summed E-state index contributed by atoms with van der Waals surface area (Å²) in [6, 6.07) is 12.5. The maximum Gasteiger partial charge on any atom is 0.326 e. The van der Waals surface area contributed by atoms with E-state index in [2.05, 4.69) is 6.07 Å². The number of hydrogen-bond acceptors (Lipinski definition) is 6. The summed E-state index contributed by atoms with van der Waals surface area (Å²) in [7, 11) is -5.57. The SMILES string of the molecule is CN1c2cc(-c3cc(CN4CCS(=O)(=O)CC4)ccc3C#N)ccc2N(CC2CC2(F)F)S1(=O)=O. The van der Waals surface area contributed by atoms with Crippen LogP contribution in [0.25, 0.3) is 11.1 Å². The second-order valence-electron chi connectivity index (χ2n) is 9.29. The number of nitrogens with zero attached hydrogens (tertiary/aromatic N) is 4. The summed E-state index contributed by atoms with van der Waals surface area (Å²) in [4.78, 5) is 2.04. The van der Waals surface area contributed by atoms with E-state index in [1.807, 2.05) is 17.0 Å². The molecule has 0 bridgehead atoms. The summed E-state index contributed by atoms with van der Waals surface area (Å²) < 4.78 is 78.3. The van der Waals surface area contributed by atoms with Crippen LogP contribution < -0.4 is 8.61 Å². The normalized spacial score (nSPS) is 24.1. The quantitative estimate of drug-likeness (QED) is 0.598. The van der Waals surface area contributed by atoms with Crippen molar-refractivity contribution in [1.82, 2.24) is 4.90 Å². The summed E-state index contributed by atoms with van der Waals surface area (Å²) in [5, 5.41) is 9.66. The lowest BCUT2D eigenvalue weighted by molar-refractivity contribution is 0.101. The van der Waals surface area contributed by atoms with Gasteiger partial charge in [0.2, 0.25) is 0 Å². The predicted octanol–water partition coefficient (Wildman–Crippen LogP) is 2.61. The molecule has 2 aromatic rings. The van der Waals surface area contributed by atoms with Gasteiger partial charge in [0.1, 0.15) is 0 Å². The predicted molar refractivity (Wildman–Crippen MR) is 128 cm³/mol. The highest BCUT2D eigenvalue weighted by molar-refractivity contribution is 7.94. The minimum absolute atomic E-state index is 0.116. The van der Waals surface area contributed by atoms with Crippen LogP contribution in [0, 0.1) is 17.2 Å². The molecule has 2 fully saturated rings. The van der Waals surface area contributed by atoms with Crippen LogP contribution in [0.15, 0.2) is 36.4 Å². The smallest absolute Gasteiger partial charge is 0.297 e. The molecule has 0 aromatic heterocycles. The molecule has 0 amide bonds. The van der Waals surface area contributed by atoms with Gasteiger partial charge in [0.15, 0.2) is 9.84 Å². The summed E-state index contributed by atoms with van der Waals surface area (Å²) in [5.41, 5.74) is 3.26. The van der Waals surface area contributed by atoms with Gasteiger partial charge >= 0.3 is 10.2 Å². The van der Waals surface area contributed by atoms with Crippen molar-refractivity contribution in [2.24, 2.45) is 5.92 Å². The van der Waals surface area contributed by atoms with Gasteiger partial charge < -0.3 is 0 Å². The van der Waals surface area contributed by atoms with Crippen molar-refractivity contribution in [1.29, 1.82) is 5.26 Å². The lowest BCUT2D eigenvalue weighted by atomic mass is 9.96. The first-order chi connectivity index (χ1) is 16.4. The topological polar surface area (TPSA) is 102 Å². The number of alkyl halides is 2. The molecule has 186 valence electrons. The lowest BCUT2D eigenvalue weighted by Crippen LogP contribution is -2.39. The molecule has 1 atom stereocenters. The van der Waals surface area contributed by atoms with Crippen molar-refractivity contribution < 1.29 is 25.6 Å². The molecule has 5 rings (SSSR count). The van der Waals surface area contributed by atoms with E-state index in [9.17, 15) is 30.9 Å². The van der Waals surface area contributed by atoms with Crippen molar-refractivity contribution >= 4 is 31.4 Å². The highest BCUT2D eigenvalue weighted by Gasteiger charge is 2.59. The highest BCUT2D eigenvalue weighted by Crippen LogP contribution is 2.51. The summed E-state index contributed by atoms with van der Waals surface area (Å²) in [6.45, 7) is 1.12. The number of fused-ring (bicyclic) bond motifs is 1. The number of nitriles is 1. The number of rotatable bonds is 5. The number of benzene rings is 2. The van der Waals surface area contributed by atoms with Crippen LogP contribution in [-0.2, 0) is 26.6 Å². The monoisotopic (exact) mass is 522 g/mol. The molecule has 0 N–H and O–H groups in total. The van der Waals surface area contributed by atoms with E-state index in [-0.39, 0.29) is 24.5 Å². The first-order valence-electron chi connectivity index (χ1n) is 11.2. The van der Waals surface area contributed by atoms with Gasteiger partial charge in [-0.15, -0.1) is 0 Å². The Bertz CT molecular complexity index is 1440. The van der Waals surface area contributed by atoms with Crippen LogP contribution in [0.4, 0.5) is 20.2 Å². The zero-order valence-electron chi connectivity index (χ0n) is 19.0. The van der Waals surface area contributed by atoms with Crippen molar-refractivity contribution in [3.05, 3.63) is 47.5 Å². The van der Waals surface area contributed by atoms with Crippen molar-refractivity contribution in [2.75, 3.05) is 46.8 Å². The molecule has 1 saturated heterocycles. The average molecular weight is 523 g/mol. The van der Waals surface area contributed by atoms with E-state index in [1.165, 1.54) is 7.05 Å². The Kier molecular flexibility index (Phi) is 5.58. The molecule has 12 heteroatoms. The third-order valence-electron chi connectivity index (χ3n) is 6.91. The molecule has 0 radical (unpaired) electrons. The third kappa shape index (κ3) is 4.37. The number of hydrogen-bond donors (Lipinski definition) is 0. The van der Waals surface area contributed by atoms with Crippen LogP contribution >= 0.6 is 0 Å². The number of halogens is 2. The van der Waals surface area contributed by atoms with Gasteiger partial charge in [-0.3, -0.25) is 13.5 Å². The Morgan fingerprint density at radius 1 is 1.06 bits per heavy atom. The average Bonchev–Trinajstić information content (AvgIpc) is 3.37. The molecule has 0 spiro atoms. The van der Waals surface area contributed by atoms with E-state index in [1.54, 1.807) is 24.3 Å². The van der Waals surface area contributed by atoms with Crippen molar-refractivity contribution in [2.45, 2.75) is 18.9 Å². The van der Waals surface area contributed by atoms with Gasteiger partial charge in [-0.2, -0.15) is 13.7 Å². The minimum atomic E-state index is -3.97. The standard InChI is InChI=1S/C23H24F2N4O4S2/c1-27-22-11-17(4-5-21(22)29(35(27,32)33)15-19-12-23(19,24)25)20-10-16(2-3-18(20)13-26)14-28-6-8-34(30,31)9-7-28/h2-5,10-11,19H,6-9,12,14-15H2,1H3. The molecule has 35 heavy (non-hydrogen) atoms. The van der Waals surface area contributed by atoms with Gasteiger partial charge in [-0.25, -0.2) is 17.2 Å². The Morgan fingerprint density at radius 2 is 1.74 bits per heavy atom. The van der Waals surface area contributed by atoms with Gasteiger partial charge in [0, 0.05) is 45.6 Å². The van der Waals surface area contributed by atoms with Crippen LogP contribution in [0.5, 0.6) is 0 Å². The highest BCUT2D eigenvalue weighted by atomic mass is 32.2. The largest absolute Gasteiger partial charge is 0.326 e. The zero-order valence-corrected chi connectivity index (χ0v) is 20.6. The maximum atomic E-state index is 13.5. The van der Waals surface area contributed by atoms with E-state index >= 15 is 0 Å². The zero-order chi connectivity index (χ0) is 25.2. The van der Waals surface area contributed by atoms with Crippen LogP contribution in [-0.4, -0.2) is 65.8 Å². The van der Waals surface area contributed by atoms with E-state index in [0.717, 1.165) is 14.2 Å². The molecule has 2 heterocycles. The molecule has 8 nitrogen and oxygen atoms in total. The molecular formula is C23H24F2N4O4S2. The molecule has 1 unspecified atom stereocenters. The van der Waals surface area contributed by atoms with E-state index < -0.39 is 31.9 Å². The lowest BCUT2D eigenvalue weighted by Gasteiger charge is -2.26. The van der Waals surface area contributed by atoms with Gasteiger partial charge in [0.05, 0.1) is 34.5 Å². The van der Waals surface area contributed by atoms with Gasteiger partial charge in [-0.1, -0.05) is 12.1 Å². The van der Waals surface area contributed by atoms with Crippen LogP contribution in [0.2, 0.25) is 0 Å². The number of sulfone groups is 1. The summed E-state index contributed by atoms with van der Waals surface area (Å²) in [6.07, 6.45) is -0.322. The summed E-state index contributed by atoms with van der Waals surface area (Å²) >= 11 is 0. The molecule has 2 aromatic carbocycles. The summed E-state index contributed by atoms with van der Waals surface area (Å²) in [5.74, 6) is -3.60. The minimum Gasteiger partial charge on any atom is -0.297 e. The van der Waals surface area contributed by atoms with Crippen molar-refractivity contribution in [3.63, 3.8) is 0 Å². The number of anilines is 2. The maximum absolute atomic E-state index is 13.5. The Morgan fingerprint density at radius 3 is 2.37 bits per heavy atom. The fourth-order valence-corrected chi connectivity index (χ4v) is 7.34.